The Morgan fingerprint density at radius 2 is 1.86 bits per heavy atom. The quantitative estimate of drug-likeness (QED) is 0.788. The van der Waals surface area contributed by atoms with Crippen LogP contribution in [0.5, 0.6) is 0 Å². The Hall–Kier alpha value is -1.68. The molecule has 1 atom stereocenters. The molecule has 1 unspecified atom stereocenters. The van der Waals surface area contributed by atoms with Crippen molar-refractivity contribution in [3.63, 3.8) is 0 Å². The van der Waals surface area contributed by atoms with Crippen LogP contribution in [0.1, 0.15) is 17.2 Å². The molecule has 0 radical (unpaired) electrons. The summed E-state index contributed by atoms with van der Waals surface area (Å²) < 4.78 is 0. The highest BCUT2D eigenvalue weighted by atomic mass is 35.5. The first kappa shape index (κ1) is 14.3. The smallest absolute Gasteiger partial charge is 0.0934 e. The monoisotopic (exact) mass is 317 g/mol. The maximum absolute atomic E-state index is 6.34. The molecule has 2 aromatic carbocycles. The first-order valence-electron chi connectivity index (χ1n) is 6.54. The highest BCUT2D eigenvalue weighted by molar-refractivity contribution is 6.33. The van der Waals surface area contributed by atoms with Gasteiger partial charge in [0.05, 0.1) is 11.0 Å². The van der Waals surface area contributed by atoms with Crippen molar-refractivity contribution in [1.29, 1.82) is 0 Å². The predicted molar refractivity (Wildman–Crippen MR) is 86.6 cm³/mol. The van der Waals surface area contributed by atoms with Crippen molar-refractivity contribution in [2.24, 2.45) is 5.73 Å². The van der Waals surface area contributed by atoms with Crippen LogP contribution in [0.15, 0.2) is 48.8 Å². The zero-order valence-electron chi connectivity index (χ0n) is 11.1. The van der Waals surface area contributed by atoms with E-state index in [0.717, 1.165) is 22.2 Å². The van der Waals surface area contributed by atoms with E-state index in [9.17, 15) is 0 Å². The van der Waals surface area contributed by atoms with Gasteiger partial charge in [-0.15, -0.1) is 0 Å². The summed E-state index contributed by atoms with van der Waals surface area (Å²) >= 11 is 12.2. The summed E-state index contributed by atoms with van der Waals surface area (Å²) in [6, 6.07) is 11.0. The molecule has 0 saturated heterocycles. The molecule has 0 fully saturated rings. The Morgan fingerprint density at radius 3 is 2.71 bits per heavy atom. The van der Waals surface area contributed by atoms with E-state index in [0.29, 0.717) is 16.5 Å². The SMILES string of the molecule is NC(Cc1cc(Cl)ccc1Cl)c1cccc2nccnc12. The van der Waals surface area contributed by atoms with Crippen molar-refractivity contribution in [3.05, 3.63) is 70.0 Å². The van der Waals surface area contributed by atoms with Crippen LogP contribution in [-0.4, -0.2) is 9.97 Å². The third-order valence-corrected chi connectivity index (χ3v) is 3.98. The van der Waals surface area contributed by atoms with Crippen LogP contribution in [0.4, 0.5) is 0 Å². The lowest BCUT2D eigenvalue weighted by Crippen LogP contribution is -2.14. The standard InChI is InChI=1S/C16H13Cl2N3/c17-11-4-5-13(18)10(8-11)9-14(19)12-2-1-3-15-16(12)21-7-6-20-15/h1-8,14H,9,19H2. The second-order valence-electron chi connectivity index (χ2n) is 4.82. The number of nitrogens with zero attached hydrogens (tertiary/aromatic N) is 2. The van der Waals surface area contributed by atoms with Crippen LogP contribution in [0, 0.1) is 0 Å². The molecule has 0 bridgehead atoms. The third kappa shape index (κ3) is 3.00. The molecular weight excluding hydrogens is 305 g/mol. The van der Waals surface area contributed by atoms with Crippen molar-refractivity contribution < 1.29 is 0 Å². The largest absolute Gasteiger partial charge is 0.324 e. The van der Waals surface area contributed by atoms with Gasteiger partial charge in [-0.1, -0.05) is 35.3 Å². The van der Waals surface area contributed by atoms with Crippen LogP contribution in [-0.2, 0) is 6.42 Å². The lowest BCUT2D eigenvalue weighted by atomic mass is 9.98. The second kappa shape index (κ2) is 5.98. The van der Waals surface area contributed by atoms with Gasteiger partial charge in [-0.05, 0) is 41.8 Å². The first-order chi connectivity index (χ1) is 10.1. The number of fused-ring (bicyclic) bond motifs is 1. The van der Waals surface area contributed by atoms with Gasteiger partial charge in [0.2, 0.25) is 0 Å². The van der Waals surface area contributed by atoms with Crippen molar-refractivity contribution in [1.82, 2.24) is 9.97 Å². The number of hydrogen-bond acceptors (Lipinski definition) is 3. The number of nitrogens with two attached hydrogens (primary N) is 1. The molecule has 0 amide bonds. The Labute approximate surface area is 132 Å². The van der Waals surface area contributed by atoms with E-state index < -0.39 is 0 Å². The van der Waals surface area contributed by atoms with E-state index >= 15 is 0 Å². The highest BCUT2D eigenvalue weighted by Crippen LogP contribution is 2.27. The van der Waals surface area contributed by atoms with Gasteiger partial charge in [0.1, 0.15) is 0 Å². The maximum atomic E-state index is 6.34. The minimum atomic E-state index is -0.221. The van der Waals surface area contributed by atoms with Crippen LogP contribution >= 0.6 is 23.2 Å². The number of hydrogen-bond donors (Lipinski definition) is 1. The summed E-state index contributed by atoms with van der Waals surface area (Å²) in [4.78, 5) is 8.68. The first-order valence-corrected chi connectivity index (χ1v) is 7.30. The van der Waals surface area contributed by atoms with Crippen LogP contribution in [0.2, 0.25) is 10.0 Å². The Kier molecular flexibility index (Phi) is 4.06. The van der Waals surface area contributed by atoms with Gasteiger partial charge in [0, 0.05) is 28.5 Å². The number of halogens is 2. The number of rotatable bonds is 3. The minimum absolute atomic E-state index is 0.221. The summed E-state index contributed by atoms with van der Waals surface area (Å²) in [5, 5.41) is 1.32. The molecule has 3 aromatic rings. The molecule has 21 heavy (non-hydrogen) atoms. The second-order valence-corrected chi connectivity index (χ2v) is 5.66. The average molecular weight is 318 g/mol. The van der Waals surface area contributed by atoms with Crippen LogP contribution in [0.3, 0.4) is 0 Å². The molecule has 3 rings (SSSR count). The predicted octanol–water partition coefficient (Wildman–Crippen LogP) is 4.18. The highest BCUT2D eigenvalue weighted by Gasteiger charge is 2.14. The molecule has 0 aliphatic carbocycles. The summed E-state index contributed by atoms with van der Waals surface area (Å²) in [6.07, 6.45) is 3.94. The number of aromatic nitrogens is 2. The van der Waals surface area contributed by atoms with Gasteiger partial charge in [-0.2, -0.15) is 0 Å². The molecule has 1 heterocycles. The molecule has 0 saturated carbocycles. The van der Waals surface area contributed by atoms with Crippen molar-refractivity contribution in [2.45, 2.75) is 12.5 Å². The Morgan fingerprint density at radius 1 is 1.05 bits per heavy atom. The topological polar surface area (TPSA) is 51.8 Å². The number of para-hydroxylation sites is 1. The minimum Gasteiger partial charge on any atom is -0.324 e. The fourth-order valence-corrected chi connectivity index (χ4v) is 2.75. The summed E-state index contributed by atoms with van der Waals surface area (Å²) in [5.41, 5.74) is 9.89. The van der Waals surface area contributed by atoms with E-state index in [1.807, 2.05) is 24.3 Å². The lowest BCUT2D eigenvalue weighted by molar-refractivity contribution is 0.726. The van der Waals surface area contributed by atoms with Gasteiger partial charge < -0.3 is 5.73 Å². The molecule has 2 N–H and O–H groups in total. The summed E-state index contributed by atoms with van der Waals surface area (Å²) in [7, 11) is 0. The van der Waals surface area contributed by atoms with Gasteiger partial charge >= 0.3 is 0 Å². The van der Waals surface area contributed by atoms with E-state index in [1.165, 1.54) is 0 Å². The summed E-state index contributed by atoms with van der Waals surface area (Å²) in [6.45, 7) is 0. The molecular formula is C16H13Cl2N3. The molecule has 0 aliphatic rings. The molecule has 1 aromatic heterocycles. The zero-order chi connectivity index (χ0) is 14.8. The third-order valence-electron chi connectivity index (χ3n) is 3.38. The van der Waals surface area contributed by atoms with Gasteiger partial charge in [-0.3, -0.25) is 9.97 Å². The van der Waals surface area contributed by atoms with Crippen molar-refractivity contribution in [3.8, 4) is 0 Å². The molecule has 0 spiro atoms. The fourth-order valence-electron chi connectivity index (χ4n) is 2.36. The maximum Gasteiger partial charge on any atom is 0.0934 e. The van der Waals surface area contributed by atoms with Crippen molar-refractivity contribution >= 4 is 34.2 Å². The number of benzene rings is 2. The molecule has 0 aliphatic heterocycles. The summed E-state index contributed by atoms with van der Waals surface area (Å²) in [5.74, 6) is 0. The lowest BCUT2D eigenvalue weighted by Gasteiger charge is -2.15. The fraction of sp³-hybridized carbons (Fsp3) is 0.125. The average Bonchev–Trinajstić information content (AvgIpc) is 2.50. The van der Waals surface area contributed by atoms with Crippen LogP contribution < -0.4 is 5.73 Å². The van der Waals surface area contributed by atoms with E-state index in [4.69, 9.17) is 28.9 Å². The Balaban J connectivity index is 1.97. The molecule has 5 heteroatoms. The van der Waals surface area contributed by atoms with Gasteiger partial charge in [0.15, 0.2) is 0 Å². The van der Waals surface area contributed by atoms with Gasteiger partial charge in [-0.25, -0.2) is 0 Å². The zero-order valence-corrected chi connectivity index (χ0v) is 12.6. The Bertz CT molecular complexity index is 784. The molecule has 106 valence electrons. The molecule has 3 nitrogen and oxygen atoms in total. The van der Waals surface area contributed by atoms with E-state index in [2.05, 4.69) is 9.97 Å². The van der Waals surface area contributed by atoms with Crippen molar-refractivity contribution in [2.75, 3.05) is 0 Å². The van der Waals surface area contributed by atoms with E-state index in [-0.39, 0.29) is 6.04 Å². The van der Waals surface area contributed by atoms with Gasteiger partial charge in [0.25, 0.3) is 0 Å². The normalized spacial score (nSPS) is 12.5. The van der Waals surface area contributed by atoms with Crippen LogP contribution in [0.25, 0.3) is 11.0 Å². The van der Waals surface area contributed by atoms with E-state index in [1.54, 1.807) is 24.5 Å².